The lowest BCUT2D eigenvalue weighted by Gasteiger charge is -2.26. The molecule has 1 heterocycles. The first-order valence-electron chi connectivity index (χ1n) is 6.84. The highest BCUT2D eigenvalue weighted by Gasteiger charge is 2.33. The van der Waals surface area contributed by atoms with E-state index in [1.54, 1.807) is 0 Å². The molecule has 1 aromatic heterocycles. The molecule has 1 aliphatic rings. The summed E-state index contributed by atoms with van der Waals surface area (Å²) in [6.45, 7) is 4.97. The van der Waals surface area contributed by atoms with E-state index in [1.165, 1.54) is 25.7 Å². The van der Waals surface area contributed by atoms with Crippen LogP contribution in [-0.4, -0.2) is 16.9 Å². The van der Waals surface area contributed by atoms with Crippen LogP contribution in [0.15, 0.2) is 12.1 Å². The summed E-state index contributed by atoms with van der Waals surface area (Å²) in [5, 5.41) is 1.04. The van der Waals surface area contributed by atoms with Crippen molar-refractivity contribution < 1.29 is 4.74 Å². The molecule has 0 amide bonds. The fraction of sp³-hybridized carbons (Fsp3) is 0.667. The van der Waals surface area contributed by atoms with Crippen LogP contribution in [0.4, 0.5) is 0 Å². The van der Waals surface area contributed by atoms with Gasteiger partial charge in [-0.1, -0.05) is 35.7 Å². The lowest BCUT2D eigenvalue weighted by atomic mass is 9.90. The Kier molecular flexibility index (Phi) is 4.66. The van der Waals surface area contributed by atoms with Crippen molar-refractivity contribution in [2.75, 3.05) is 11.9 Å². The third-order valence-electron chi connectivity index (χ3n) is 3.89. The molecule has 100 valence electrons. The average molecular weight is 312 g/mol. The fourth-order valence-corrected chi connectivity index (χ4v) is 3.38. The first-order chi connectivity index (χ1) is 8.69. The Labute approximate surface area is 118 Å². The maximum atomic E-state index is 6.07. The molecule has 0 saturated heterocycles. The van der Waals surface area contributed by atoms with Crippen LogP contribution in [0.5, 0.6) is 5.75 Å². The highest BCUT2D eigenvalue weighted by Crippen LogP contribution is 2.40. The second kappa shape index (κ2) is 6.05. The number of pyridine rings is 1. The lowest BCUT2D eigenvalue weighted by molar-refractivity contribution is 0.172. The summed E-state index contributed by atoms with van der Waals surface area (Å²) >= 11 is 3.66. The third kappa shape index (κ3) is 3.05. The number of nitrogens with zero attached hydrogens (tertiary/aromatic N) is 1. The molecule has 0 N–H and O–H groups in total. The van der Waals surface area contributed by atoms with E-state index in [0.717, 1.165) is 35.5 Å². The SMILES string of the molecule is CCc1nc(C)ccc1OCC1(CBr)CCCC1. The van der Waals surface area contributed by atoms with Gasteiger partial charge in [-0.2, -0.15) is 0 Å². The highest BCUT2D eigenvalue weighted by molar-refractivity contribution is 9.09. The molecule has 0 aromatic carbocycles. The zero-order valence-corrected chi connectivity index (χ0v) is 12.9. The molecule has 2 nitrogen and oxygen atoms in total. The van der Waals surface area contributed by atoms with Crippen LogP contribution >= 0.6 is 15.9 Å². The van der Waals surface area contributed by atoms with Crippen molar-refractivity contribution in [3.63, 3.8) is 0 Å². The van der Waals surface area contributed by atoms with Crippen molar-refractivity contribution >= 4 is 15.9 Å². The van der Waals surface area contributed by atoms with Crippen molar-refractivity contribution in [2.24, 2.45) is 5.41 Å². The van der Waals surface area contributed by atoms with Gasteiger partial charge in [-0.25, -0.2) is 0 Å². The van der Waals surface area contributed by atoms with E-state index in [9.17, 15) is 0 Å². The Morgan fingerprint density at radius 1 is 1.33 bits per heavy atom. The quantitative estimate of drug-likeness (QED) is 0.757. The van der Waals surface area contributed by atoms with Gasteiger partial charge in [-0.3, -0.25) is 4.98 Å². The van der Waals surface area contributed by atoms with E-state index >= 15 is 0 Å². The summed E-state index contributed by atoms with van der Waals surface area (Å²) in [5.41, 5.74) is 2.49. The van der Waals surface area contributed by atoms with Gasteiger partial charge in [-0.15, -0.1) is 0 Å². The molecule has 3 heteroatoms. The maximum Gasteiger partial charge on any atom is 0.140 e. The summed E-state index contributed by atoms with van der Waals surface area (Å²) in [4.78, 5) is 4.55. The highest BCUT2D eigenvalue weighted by atomic mass is 79.9. The minimum atomic E-state index is 0.343. The van der Waals surface area contributed by atoms with Crippen LogP contribution in [0.1, 0.15) is 44.0 Å². The first-order valence-corrected chi connectivity index (χ1v) is 7.96. The summed E-state index contributed by atoms with van der Waals surface area (Å²) in [5.74, 6) is 0.968. The molecule has 1 aromatic rings. The number of alkyl halides is 1. The summed E-state index contributed by atoms with van der Waals surface area (Å²) in [6, 6.07) is 4.10. The van der Waals surface area contributed by atoms with Crippen molar-refractivity contribution in [1.29, 1.82) is 0 Å². The van der Waals surface area contributed by atoms with Crippen molar-refractivity contribution in [2.45, 2.75) is 46.0 Å². The van der Waals surface area contributed by atoms with Gasteiger partial charge in [0.05, 0.1) is 12.3 Å². The predicted molar refractivity (Wildman–Crippen MR) is 78.5 cm³/mol. The zero-order chi connectivity index (χ0) is 13.0. The number of aryl methyl sites for hydroxylation is 2. The van der Waals surface area contributed by atoms with Gasteiger partial charge < -0.3 is 4.74 Å². The fourth-order valence-electron chi connectivity index (χ4n) is 2.65. The van der Waals surface area contributed by atoms with Crippen LogP contribution in [0, 0.1) is 12.3 Å². The average Bonchev–Trinajstić information content (AvgIpc) is 2.86. The molecule has 2 rings (SSSR count). The van der Waals surface area contributed by atoms with E-state index in [2.05, 4.69) is 33.9 Å². The molecule has 0 bridgehead atoms. The molecular weight excluding hydrogens is 290 g/mol. The van der Waals surface area contributed by atoms with E-state index in [-0.39, 0.29) is 0 Å². The standard InChI is InChI=1S/C15H22BrNO/c1-3-13-14(7-6-12(2)17-13)18-11-15(10-16)8-4-5-9-15/h6-7H,3-5,8-11H2,1-2H3. The van der Waals surface area contributed by atoms with Gasteiger partial charge in [0.25, 0.3) is 0 Å². The molecule has 1 saturated carbocycles. The van der Waals surface area contributed by atoms with Gasteiger partial charge in [0.1, 0.15) is 5.75 Å². The Morgan fingerprint density at radius 3 is 2.67 bits per heavy atom. The van der Waals surface area contributed by atoms with Crippen molar-refractivity contribution in [3.8, 4) is 5.75 Å². The second-order valence-corrected chi connectivity index (χ2v) is 5.94. The number of aromatic nitrogens is 1. The van der Waals surface area contributed by atoms with Gasteiger partial charge in [0, 0.05) is 16.4 Å². The molecule has 0 radical (unpaired) electrons. The van der Waals surface area contributed by atoms with E-state index in [4.69, 9.17) is 4.74 Å². The number of hydrogen-bond donors (Lipinski definition) is 0. The van der Waals surface area contributed by atoms with Gasteiger partial charge in [0.2, 0.25) is 0 Å². The maximum absolute atomic E-state index is 6.07. The number of rotatable bonds is 5. The zero-order valence-electron chi connectivity index (χ0n) is 11.3. The topological polar surface area (TPSA) is 22.1 Å². The Balaban J connectivity index is 2.05. The summed E-state index contributed by atoms with van der Waals surface area (Å²) in [6.07, 6.45) is 6.15. The van der Waals surface area contributed by atoms with Gasteiger partial charge in [0.15, 0.2) is 0 Å². The van der Waals surface area contributed by atoms with Crippen LogP contribution in [0.2, 0.25) is 0 Å². The van der Waals surface area contributed by atoms with E-state index < -0.39 is 0 Å². The summed E-state index contributed by atoms with van der Waals surface area (Å²) < 4.78 is 6.07. The van der Waals surface area contributed by atoms with E-state index in [1.807, 2.05) is 13.0 Å². The first kappa shape index (κ1) is 13.9. The van der Waals surface area contributed by atoms with Crippen LogP contribution in [0.3, 0.4) is 0 Å². The Hall–Kier alpha value is -0.570. The van der Waals surface area contributed by atoms with E-state index in [0.29, 0.717) is 5.41 Å². The monoisotopic (exact) mass is 311 g/mol. The lowest BCUT2D eigenvalue weighted by Crippen LogP contribution is -2.27. The second-order valence-electron chi connectivity index (χ2n) is 5.38. The number of hydrogen-bond acceptors (Lipinski definition) is 2. The number of ether oxygens (including phenoxy) is 1. The minimum Gasteiger partial charge on any atom is -0.491 e. The Morgan fingerprint density at radius 2 is 2.06 bits per heavy atom. The Bertz CT molecular complexity index is 399. The molecular formula is C15H22BrNO. The van der Waals surface area contributed by atoms with Gasteiger partial charge in [-0.05, 0) is 38.3 Å². The molecule has 0 aliphatic heterocycles. The van der Waals surface area contributed by atoms with Crippen LogP contribution in [-0.2, 0) is 6.42 Å². The minimum absolute atomic E-state index is 0.343. The smallest absolute Gasteiger partial charge is 0.140 e. The predicted octanol–water partition coefficient (Wildman–Crippen LogP) is 4.29. The van der Waals surface area contributed by atoms with Crippen LogP contribution in [0.25, 0.3) is 0 Å². The molecule has 0 spiro atoms. The molecule has 18 heavy (non-hydrogen) atoms. The van der Waals surface area contributed by atoms with Crippen LogP contribution < -0.4 is 4.74 Å². The molecule has 1 aliphatic carbocycles. The molecule has 0 unspecified atom stereocenters. The summed E-state index contributed by atoms with van der Waals surface area (Å²) in [7, 11) is 0. The largest absolute Gasteiger partial charge is 0.491 e. The molecule has 0 atom stereocenters. The van der Waals surface area contributed by atoms with Crippen molar-refractivity contribution in [3.05, 3.63) is 23.5 Å². The third-order valence-corrected chi connectivity index (χ3v) is 5.08. The van der Waals surface area contributed by atoms with Crippen molar-refractivity contribution in [1.82, 2.24) is 4.98 Å². The molecule has 1 fully saturated rings. The number of halogens is 1. The normalized spacial score (nSPS) is 17.9. The van der Waals surface area contributed by atoms with Gasteiger partial charge >= 0.3 is 0 Å².